The molecule has 176 valence electrons. The van der Waals surface area contributed by atoms with E-state index in [1.807, 2.05) is 6.07 Å². The fourth-order valence-corrected chi connectivity index (χ4v) is 7.11. The van der Waals surface area contributed by atoms with Crippen LogP contribution in [0.3, 0.4) is 0 Å². The van der Waals surface area contributed by atoms with Gasteiger partial charge in [0.2, 0.25) is 10.0 Å². The third kappa shape index (κ3) is 4.44. The van der Waals surface area contributed by atoms with Crippen LogP contribution in [-0.4, -0.2) is 42.5 Å². The average molecular weight is 471 g/mol. The van der Waals surface area contributed by atoms with E-state index in [9.17, 15) is 18.0 Å². The number of benzene rings is 1. The smallest absolute Gasteiger partial charge is 0.319 e. The van der Waals surface area contributed by atoms with Gasteiger partial charge < -0.3 is 15.2 Å². The molecule has 1 saturated heterocycles. The third-order valence-corrected chi connectivity index (χ3v) is 8.99. The number of aromatic nitrogens is 1. The Morgan fingerprint density at radius 1 is 0.939 bits per heavy atom. The molecule has 0 spiro atoms. The Hall–Kier alpha value is -2.65. The van der Waals surface area contributed by atoms with Crippen molar-refractivity contribution in [3.63, 3.8) is 0 Å². The predicted molar refractivity (Wildman–Crippen MR) is 126 cm³/mol. The standard InChI is InChI=1S/C24H30N4O4S/c29-23-21(26-24(30)25-19-7-3-1-4-8-19)11-12-22-18-13-17(15-28(22)23)14-27(16-18)33(31,32)20-9-5-2-6-10-20/h2,5-6,9-12,17-19H,1,3-4,7-8,13-16H2,(H2,25,26,30)/t17-,18+/m0/s1. The number of piperidine rings is 1. The topological polar surface area (TPSA) is 101 Å². The number of hydrogen-bond donors (Lipinski definition) is 2. The summed E-state index contributed by atoms with van der Waals surface area (Å²) in [6.07, 6.45) is 6.25. The van der Waals surface area contributed by atoms with Gasteiger partial charge in [0.1, 0.15) is 5.69 Å². The summed E-state index contributed by atoms with van der Waals surface area (Å²) in [5, 5.41) is 5.72. The van der Waals surface area contributed by atoms with Gasteiger partial charge in [-0.2, -0.15) is 4.31 Å². The number of carbonyl (C=O) groups is 1. The number of pyridine rings is 1. The number of sulfonamides is 1. The molecule has 0 radical (unpaired) electrons. The number of carbonyl (C=O) groups excluding carboxylic acids is 1. The highest BCUT2D eigenvalue weighted by Crippen LogP contribution is 2.37. The van der Waals surface area contributed by atoms with E-state index in [2.05, 4.69) is 10.6 Å². The zero-order valence-corrected chi connectivity index (χ0v) is 19.4. The first-order valence-electron chi connectivity index (χ1n) is 11.8. The number of nitrogens with one attached hydrogen (secondary N) is 2. The van der Waals surface area contributed by atoms with Gasteiger partial charge in [-0.1, -0.05) is 37.5 Å². The van der Waals surface area contributed by atoms with Crippen LogP contribution in [0.2, 0.25) is 0 Å². The Morgan fingerprint density at radius 3 is 2.45 bits per heavy atom. The van der Waals surface area contributed by atoms with Gasteiger partial charge in [-0.05, 0) is 49.4 Å². The van der Waals surface area contributed by atoms with E-state index in [1.165, 1.54) is 6.42 Å². The summed E-state index contributed by atoms with van der Waals surface area (Å²) in [7, 11) is -3.57. The lowest BCUT2D eigenvalue weighted by Crippen LogP contribution is -2.49. The molecule has 2 aliphatic heterocycles. The molecule has 2 N–H and O–H groups in total. The van der Waals surface area contributed by atoms with Crippen molar-refractivity contribution < 1.29 is 13.2 Å². The monoisotopic (exact) mass is 470 g/mol. The van der Waals surface area contributed by atoms with Crippen LogP contribution in [-0.2, 0) is 16.6 Å². The van der Waals surface area contributed by atoms with Gasteiger partial charge in [0, 0.05) is 37.3 Å². The molecular weight excluding hydrogens is 440 g/mol. The van der Waals surface area contributed by atoms with Gasteiger partial charge in [0.05, 0.1) is 4.90 Å². The number of anilines is 1. The summed E-state index contributed by atoms with van der Waals surface area (Å²) in [6.45, 7) is 1.19. The summed E-state index contributed by atoms with van der Waals surface area (Å²) in [5.41, 5.74) is 0.878. The lowest BCUT2D eigenvalue weighted by molar-refractivity contribution is 0.186. The van der Waals surface area contributed by atoms with Crippen LogP contribution in [0.4, 0.5) is 10.5 Å². The van der Waals surface area contributed by atoms with Crippen LogP contribution in [0.1, 0.15) is 50.1 Å². The SMILES string of the molecule is O=C(Nc1ccc2n(c1=O)C[C@H]1C[C@@H]2CN(S(=O)(=O)c2ccccc2)C1)NC1CCCCC1. The summed E-state index contributed by atoms with van der Waals surface area (Å²) < 4.78 is 29.6. The molecule has 0 unspecified atom stereocenters. The molecule has 2 bridgehead atoms. The van der Waals surface area contributed by atoms with E-state index < -0.39 is 10.0 Å². The lowest BCUT2D eigenvalue weighted by Gasteiger charge is -2.42. The number of urea groups is 1. The molecule has 9 heteroatoms. The van der Waals surface area contributed by atoms with Crippen LogP contribution in [0.25, 0.3) is 0 Å². The van der Waals surface area contributed by atoms with E-state index in [0.29, 0.717) is 24.5 Å². The number of fused-ring (bicyclic) bond motifs is 4. The number of hydrogen-bond acceptors (Lipinski definition) is 4. The normalized spacial score (nSPS) is 23.5. The van der Waals surface area contributed by atoms with Crippen molar-refractivity contribution in [3.8, 4) is 0 Å². The fraction of sp³-hybridized carbons (Fsp3) is 0.500. The summed E-state index contributed by atoms with van der Waals surface area (Å²) in [6, 6.07) is 11.8. The third-order valence-electron chi connectivity index (χ3n) is 7.14. The summed E-state index contributed by atoms with van der Waals surface area (Å²) in [4.78, 5) is 25.9. The minimum atomic E-state index is -3.57. The summed E-state index contributed by atoms with van der Waals surface area (Å²) >= 11 is 0. The molecule has 5 rings (SSSR count). The molecule has 33 heavy (non-hydrogen) atoms. The van der Waals surface area contributed by atoms with Crippen LogP contribution in [0.5, 0.6) is 0 Å². The maximum absolute atomic E-state index is 13.2. The fourth-order valence-electron chi connectivity index (χ4n) is 5.53. The molecule has 3 aliphatic rings. The van der Waals surface area contributed by atoms with Crippen LogP contribution in [0.15, 0.2) is 52.2 Å². The van der Waals surface area contributed by atoms with Gasteiger partial charge in [0.15, 0.2) is 0 Å². The second-order valence-corrected chi connectivity index (χ2v) is 11.4. The molecule has 8 nitrogen and oxygen atoms in total. The van der Waals surface area contributed by atoms with Gasteiger partial charge in [-0.3, -0.25) is 4.79 Å². The second kappa shape index (κ2) is 8.95. The molecular formula is C24H30N4O4S. The molecule has 2 fully saturated rings. The number of rotatable bonds is 4. The largest absolute Gasteiger partial charge is 0.335 e. The van der Waals surface area contributed by atoms with E-state index in [0.717, 1.165) is 37.8 Å². The number of amides is 2. The maximum atomic E-state index is 13.2. The highest BCUT2D eigenvalue weighted by Gasteiger charge is 2.39. The highest BCUT2D eigenvalue weighted by atomic mass is 32.2. The predicted octanol–water partition coefficient (Wildman–Crippen LogP) is 3.11. The second-order valence-electron chi connectivity index (χ2n) is 9.45. The van der Waals surface area contributed by atoms with Crippen molar-refractivity contribution in [2.75, 3.05) is 18.4 Å². The Balaban J connectivity index is 1.33. The van der Waals surface area contributed by atoms with E-state index in [-0.39, 0.29) is 35.2 Å². The molecule has 1 aliphatic carbocycles. The van der Waals surface area contributed by atoms with Gasteiger partial charge in [0.25, 0.3) is 5.56 Å². The highest BCUT2D eigenvalue weighted by molar-refractivity contribution is 7.89. The Morgan fingerprint density at radius 2 is 1.70 bits per heavy atom. The van der Waals surface area contributed by atoms with Crippen molar-refractivity contribution >= 4 is 21.7 Å². The van der Waals surface area contributed by atoms with Crippen LogP contribution >= 0.6 is 0 Å². The molecule has 1 aromatic heterocycles. The Bertz CT molecular complexity index is 1190. The first kappa shape index (κ1) is 22.2. The molecule has 2 amide bonds. The minimum Gasteiger partial charge on any atom is -0.335 e. The Kier molecular flexibility index (Phi) is 6.01. The van der Waals surface area contributed by atoms with Gasteiger partial charge in [-0.25, -0.2) is 13.2 Å². The van der Waals surface area contributed by atoms with Crippen LogP contribution in [0, 0.1) is 5.92 Å². The summed E-state index contributed by atoms with van der Waals surface area (Å²) in [5.74, 6) is 0.00700. The van der Waals surface area contributed by atoms with Gasteiger partial charge >= 0.3 is 6.03 Å². The van der Waals surface area contributed by atoms with E-state index in [1.54, 1.807) is 45.3 Å². The zero-order valence-electron chi connectivity index (χ0n) is 18.6. The molecule has 2 aromatic rings. The number of nitrogens with zero attached hydrogens (tertiary/aromatic N) is 2. The van der Waals surface area contributed by atoms with Crippen molar-refractivity contribution in [3.05, 3.63) is 58.5 Å². The first-order valence-corrected chi connectivity index (χ1v) is 13.2. The van der Waals surface area contributed by atoms with Crippen molar-refractivity contribution in [2.24, 2.45) is 5.92 Å². The van der Waals surface area contributed by atoms with Gasteiger partial charge in [-0.15, -0.1) is 0 Å². The Labute approximate surface area is 194 Å². The lowest BCUT2D eigenvalue weighted by atomic mass is 9.84. The molecule has 3 heterocycles. The van der Waals surface area contributed by atoms with E-state index >= 15 is 0 Å². The van der Waals surface area contributed by atoms with Crippen LogP contribution < -0.4 is 16.2 Å². The van der Waals surface area contributed by atoms with Crippen molar-refractivity contribution in [1.82, 2.24) is 14.2 Å². The average Bonchev–Trinajstić information content (AvgIpc) is 2.82. The molecule has 1 saturated carbocycles. The first-order chi connectivity index (χ1) is 15.9. The zero-order chi connectivity index (χ0) is 23.0. The van der Waals surface area contributed by atoms with Crippen molar-refractivity contribution in [1.29, 1.82) is 0 Å². The molecule has 2 atom stereocenters. The van der Waals surface area contributed by atoms with Crippen molar-refractivity contribution in [2.45, 2.75) is 61.9 Å². The van der Waals surface area contributed by atoms with E-state index in [4.69, 9.17) is 0 Å². The quantitative estimate of drug-likeness (QED) is 0.717. The molecule has 1 aromatic carbocycles. The minimum absolute atomic E-state index is 0.0474. The maximum Gasteiger partial charge on any atom is 0.319 e.